The van der Waals surface area contributed by atoms with Crippen molar-refractivity contribution in [2.75, 3.05) is 17.2 Å². The van der Waals surface area contributed by atoms with Gasteiger partial charge in [0.1, 0.15) is 5.25 Å². The molecule has 0 spiro atoms. The van der Waals surface area contributed by atoms with Crippen LogP contribution in [0.25, 0.3) is 0 Å². The maximum Gasteiger partial charge on any atom is 0.239 e. The van der Waals surface area contributed by atoms with Gasteiger partial charge in [-0.05, 0) is 49.6 Å². The van der Waals surface area contributed by atoms with Crippen molar-refractivity contribution < 1.29 is 4.79 Å². The van der Waals surface area contributed by atoms with Crippen LogP contribution in [0.15, 0.2) is 47.5 Å². The van der Waals surface area contributed by atoms with Crippen molar-refractivity contribution in [3.8, 4) is 0 Å². The third-order valence-electron chi connectivity index (χ3n) is 3.95. The Bertz CT molecular complexity index is 781. The molecule has 4 nitrogen and oxygen atoms in total. The molecule has 124 valence electrons. The quantitative estimate of drug-likeness (QED) is 0.884. The molecule has 0 saturated carbocycles. The Labute approximate surface area is 146 Å². The highest BCUT2D eigenvalue weighted by atomic mass is 32.2. The molecule has 0 aromatic heterocycles. The number of aryl methyl sites for hydroxylation is 3. The molecule has 3 rings (SSSR count). The van der Waals surface area contributed by atoms with Crippen LogP contribution in [0.1, 0.15) is 16.7 Å². The number of aliphatic imine (C=N–C) groups is 1. The number of amides is 1. The van der Waals surface area contributed by atoms with Gasteiger partial charge in [-0.25, -0.2) is 0 Å². The van der Waals surface area contributed by atoms with Gasteiger partial charge >= 0.3 is 0 Å². The van der Waals surface area contributed by atoms with E-state index in [1.165, 1.54) is 17.3 Å². The lowest BCUT2D eigenvalue weighted by molar-refractivity contribution is -0.115. The fraction of sp³-hybridized carbons (Fsp3) is 0.263. The van der Waals surface area contributed by atoms with Crippen LogP contribution in [-0.2, 0) is 4.79 Å². The molecule has 2 aromatic rings. The highest BCUT2D eigenvalue weighted by molar-refractivity contribution is 8.15. The average Bonchev–Trinajstić information content (AvgIpc) is 2.99. The zero-order valence-electron chi connectivity index (χ0n) is 14.1. The molecular formula is C19H21N3OS. The van der Waals surface area contributed by atoms with Crippen LogP contribution in [0.2, 0.25) is 0 Å². The lowest BCUT2D eigenvalue weighted by Gasteiger charge is -2.14. The molecule has 1 heterocycles. The fourth-order valence-electron chi connectivity index (χ4n) is 2.64. The standard InChI is InChI=1S/C19H21N3OS/c1-12-6-4-9-15(10-12)21-19-20-11-16(24-19)18(23)22-17-13(2)7-5-8-14(17)3/h4-10,16H,11H2,1-3H3,(H,20,21)(H,22,23). The van der Waals surface area contributed by atoms with Gasteiger partial charge in [0.15, 0.2) is 5.17 Å². The van der Waals surface area contributed by atoms with Gasteiger partial charge in [0.2, 0.25) is 5.91 Å². The topological polar surface area (TPSA) is 53.5 Å². The van der Waals surface area contributed by atoms with E-state index in [0.717, 1.165) is 27.7 Å². The van der Waals surface area contributed by atoms with E-state index in [2.05, 4.69) is 34.7 Å². The van der Waals surface area contributed by atoms with Gasteiger partial charge in [0.25, 0.3) is 0 Å². The Morgan fingerprint density at radius 2 is 1.83 bits per heavy atom. The summed E-state index contributed by atoms with van der Waals surface area (Å²) in [5.74, 6) is 0.00203. The summed E-state index contributed by atoms with van der Waals surface area (Å²) in [6.45, 7) is 6.56. The third-order valence-corrected chi connectivity index (χ3v) is 5.05. The van der Waals surface area contributed by atoms with Crippen LogP contribution >= 0.6 is 11.8 Å². The molecule has 0 fully saturated rings. The summed E-state index contributed by atoms with van der Waals surface area (Å²) in [4.78, 5) is 17.0. The second kappa shape index (κ2) is 7.09. The number of nitrogens with one attached hydrogen (secondary N) is 2. The molecule has 24 heavy (non-hydrogen) atoms. The summed E-state index contributed by atoms with van der Waals surface area (Å²) in [5.41, 5.74) is 5.24. The summed E-state index contributed by atoms with van der Waals surface area (Å²) in [6, 6.07) is 14.1. The Hall–Kier alpha value is -2.27. The summed E-state index contributed by atoms with van der Waals surface area (Å²) in [7, 11) is 0. The van der Waals surface area contributed by atoms with Crippen LogP contribution < -0.4 is 10.6 Å². The van der Waals surface area contributed by atoms with E-state index in [4.69, 9.17) is 0 Å². The van der Waals surface area contributed by atoms with Gasteiger partial charge in [-0.3, -0.25) is 9.79 Å². The molecule has 0 radical (unpaired) electrons. The first-order valence-electron chi connectivity index (χ1n) is 7.95. The number of thioether (sulfide) groups is 1. The van der Waals surface area contributed by atoms with Crippen molar-refractivity contribution in [3.63, 3.8) is 0 Å². The Kier molecular flexibility index (Phi) is 4.90. The number of para-hydroxylation sites is 1. The number of amidine groups is 1. The smallest absolute Gasteiger partial charge is 0.239 e. The highest BCUT2D eigenvalue weighted by Gasteiger charge is 2.27. The minimum Gasteiger partial charge on any atom is -0.335 e. The molecule has 1 atom stereocenters. The van der Waals surface area contributed by atoms with E-state index in [0.29, 0.717) is 6.54 Å². The molecule has 0 saturated heterocycles. The van der Waals surface area contributed by atoms with E-state index in [1.54, 1.807) is 0 Å². The fourth-order valence-corrected chi connectivity index (χ4v) is 3.55. The van der Waals surface area contributed by atoms with E-state index >= 15 is 0 Å². The van der Waals surface area contributed by atoms with E-state index in [1.807, 2.05) is 44.2 Å². The average molecular weight is 339 g/mol. The predicted octanol–water partition coefficient (Wildman–Crippen LogP) is 4.13. The zero-order valence-corrected chi connectivity index (χ0v) is 14.9. The summed E-state index contributed by atoms with van der Waals surface area (Å²) < 4.78 is 0. The number of benzene rings is 2. The molecule has 2 aromatic carbocycles. The number of carbonyl (C=O) groups is 1. The van der Waals surface area contributed by atoms with Gasteiger partial charge < -0.3 is 10.6 Å². The van der Waals surface area contributed by atoms with Gasteiger partial charge in [-0.2, -0.15) is 0 Å². The summed E-state index contributed by atoms with van der Waals surface area (Å²) in [5, 5.41) is 6.94. The second-order valence-corrected chi connectivity index (χ2v) is 7.19. The van der Waals surface area contributed by atoms with Gasteiger partial charge in [0, 0.05) is 11.4 Å². The van der Waals surface area contributed by atoms with Crippen molar-refractivity contribution in [2.45, 2.75) is 26.0 Å². The summed E-state index contributed by atoms with van der Waals surface area (Å²) in [6.07, 6.45) is 0. The van der Waals surface area contributed by atoms with Crippen LogP contribution in [0.3, 0.4) is 0 Å². The molecule has 1 unspecified atom stereocenters. The van der Waals surface area contributed by atoms with E-state index < -0.39 is 0 Å². The number of nitrogens with zero attached hydrogens (tertiary/aromatic N) is 1. The normalized spacial score (nSPS) is 16.6. The van der Waals surface area contributed by atoms with Crippen molar-refractivity contribution in [1.82, 2.24) is 0 Å². The molecule has 0 bridgehead atoms. The minimum atomic E-state index is -0.198. The summed E-state index contributed by atoms with van der Waals surface area (Å²) >= 11 is 1.48. The molecular weight excluding hydrogens is 318 g/mol. The first-order valence-corrected chi connectivity index (χ1v) is 8.83. The van der Waals surface area contributed by atoms with Crippen molar-refractivity contribution in [1.29, 1.82) is 0 Å². The Morgan fingerprint density at radius 3 is 2.54 bits per heavy atom. The van der Waals surface area contributed by atoms with Crippen LogP contribution in [-0.4, -0.2) is 22.9 Å². The highest BCUT2D eigenvalue weighted by Crippen LogP contribution is 2.26. The van der Waals surface area contributed by atoms with Crippen molar-refractivity contribution >= 4 is 34.2 Å². The SMILES string of the molecule is Cc1cccc(NC2=NCC(C(=O)Nc3c(C)cccc3C)S2)c1. The Balaban J connectivity index is 1.61. The number of anilines is 2. The van der Waals surface area contributed by atoms with E-state index in [-0.39, 0.29) is 11.2 Å². The van der Waals surface area contributed by atoms with Crippen molar-refractivity contribution in [3.05, 3.63) is 59.2 Å². The number of hydrogen-bond donors (Lipinski definition) is 2. The molecule has 1 aliphatic heterocycles. The first-order chi connectivity index (χ1) is 11.5. The first kappa shape index (κ1) is 16.6. The number of carbonyl (C=O) groups excluding carboxylic acids is 1. The zero-order chi connectivity index (χ0) is 17.1. The molecule has 1 amide bonds. The van der Waals surface area contributed by atoms with E-state index in [9.17, 15) is 4.79 Å². The lowest BCUT2D eigenvalue weighted by Crippen LogP contribution is -2.27. The monoisotopic (exact) mass is 339 g/mol. The number of rotatable bonds is 3. The third kappa shape index (κ3) is 3.79. The van der Waals surface area contributed by atoms with Crippen LogP contribution in [0, 0.1) is 20.8 Å². The van der Waals surface area contributed by atoms with Crippen molar-refractivity contribution in [2.24, 2.45) is 4.99 Å². The predicted molar refractivity (Wildman–Crippen MR) is 103 cm³/mol. The Morgan fingerprint density at radius 1 is 1.12 bits per heavy atom. The second-order valence-electron chi connectivity index (χ2n) is 6.00. The lowest BCUT2D eigenvalue weighted by atomic mass is 10.1. The van der Waals surface area contributed by atoms with Crippen LogP contribution in [0.4, 0.5) is 11.4 Å². The van der Waals surface area contributed by atoms with Crippen LogP contribution in [0.5, 0.6) is 0 Å². The molecule has 1 aliphatic rings. The van der Waals surface area contributed by atoms with Gasteiger partial charge in [-0.1, -0.05) is 42.1 Å². The maximum absolute atomic E-state index is 12.5. The molecule has 5 heteroatoms. The maximum atomic E-state index is 12.5. The molecule has 2 N–H and O–H groups in total. The largest absolute Gasteiger partial charge is 0.335 e. The number of hydrogen-bond acceptors (Lipinski definition) is 4. The molecule has 0 aliphatic carbocycles. The minimum absolute atomic E-state index is 0.00203. The van der Waals surface area contributed by atoms with Gasteiger partial charge in [-0.15, -0.1) is 0 Å². The van der Waals surface area contributed by atoms with Gasteiger partial charge in [0.05, 0.1) is 6.54 Å².